The van der Waals surface area contributed by atoms with E-state index in [0.29, 0.717) is 0 Å². The van der Waals surface area contributed by atoms with E-state index in [1.54, 1.807) is 24.0 Å². The van der Waals surface area contributed by atoms with Crippen molar-refractivity contribution in [3.05, 3.63) is 16.8 Å². The first kappa shape index (κ1) is 10.7. The van der Waals surface area contributed by atoms with Crippen molar-refractivity contribution in [2.24, 2.45) is 4.99 Å². The second kappa shape index (κ2) is 4.07. The molecule has 0 bridgehead atoms. The standard InChI is InChI=1S/C12H14N4S/c1-16(2)7-15-11-10-8-4-3-5-9(8)17-12(10)14-6-13-11/h6-7H,3-5H2,1-2H3. The quantitative estimate of drug-likeness (QED) is 0.603. The first-order chi connectivity index (χ1) is 8.25. The molecule has 0 saturated carbocycles. The van der Waals surface area contributed by atoms with Gasteiger partial charge in [0.1, 0.15) is 11.2 Å². The second-order valence-electron chi connectivity index (χ2n) is 4.44. The number of hydrogen-bond donors (Lipinski definition) is 0. The molecule has 17 heavy (non-hydrogen) atoms. The van der Waals surface area contributed by atoms with Crippen molar-refractivity contribution in [1.82, 2.24) is 14.9 Å². The summed E-state index contributed by atoms with van der Waals surface area (Å²) in [7, 11) is 3.92. The van der Waals surface area contributed by atoms with Crippen LogP contribution < -0.4 is 0 Å². The molecule has 0 fully saturated rings. The van der Waals surface area contributed by atoms with Crippen LogP contribution in [0.1, 0.15) is 16.9 Å². The molecule has 0 radical (unpaired) electrons. The minimum absolute atomic E-state index is 0.808. The number of aliphatic imine (C=N–C) groups is 1. The molecule has 0 saturated heterocycles. The smallest absolute Gasteiger partial charge is 0.165 e. The van der Waals surface area contributed by atoms with E-state index in [-0.39, 0.29) is 0 Å². The van der Waals surface area contributed by atoms with Crippen LogP contribution in [0.3, 0.4) is 0 Å². The van der Waals surface area contributed by atoms with Crippen molar-refractivity contribution in [3.63, 3.8) is 0 Å². The van der Waals surface area contributed by atoms with E-state index in [1.807, 2.05) is 19.0 Å². The van der Waals surface area contributed by atoms with Crippen LogP contribution in [0, 0.1) is 0 Å². The Labute approximate surface area is 104 Å². The van der Waals surface area contributed by atoms with E-state index in [4.69, 9.17) is 0 Å². The zero-order valence-electron chi connectivity index (χ0n) is 9.97. The Bertz CT molecular complexity index is 585. The van der Waals surface area contributed by atoms with Gasteiger partial charge in [-0.25, -0.2) is 15.0 Å². The molecule has 0 aromatic carbocycles. The molecule has 2 heterocycles. The predicted octanol–water partition coefficient (Wildman–Crippen LogP) is 2.40. The van der Waals surface area contributed by atoms with Gasteiger partial charge in [-0.3, -0.25) is 0 Å². The highest BCUT2D eigenvalue weighted by Gasteiger charge is 2.20. The van der Waals surface area contributed by atoms with Gasteiger partial charge in [-0.05, 0) is 24.8 Å². The van der Waals surface area contributed by atoms with E-state index in [9.17, 15) is 0 Å². The molecule has 0 spiro atoms. The highest BCUT2D eigenvalue weighted by molar-refractivity contribution is 7.19. The molecule has 1 aliphatic rings. The van der Waals surface area contributed by atoms with Gasteiger partial charge < -0.3 is 4.90 Å². The van der Waals surface area contributed by atoms with Crippen molar-refractivity contribution in [1.29, 1.82) is 0 Å². The molecular formula is C12H14N4S. The van der Waals surface area contributed by atoms with Crippen LogP contribution in [0.4, 0.5) is 5.82 Å². The number of thiophene rings is 1. The maximum atomic E-state index is 4.44. The highest BCUT2D eigenvalue weighted by atomic mass is 32.1. The summed E-state index contributed by atoms with van der Waals surface area (Å²) in [5.41, 5.74) is 1.43. The largest absolute Gasteiger partial charge is 0.369 e. The Morgan fingerprint density at radius 3 is 3.06 bits per heavy atom. The van der Waals surface area contributed by atoms with Crippen LogP contribution in [0.5, 0.6) is 0 Å². The molecule has 5 heteroatoms. The van der Waals surface area contributed by atoms with Gasteiger partial charge >= 0.3 is 0 Å². The van der Waals surface area contributed by atoms with Crippen LogP contribution in [-0.4, -0.2) is 35.3 Å². The normalized spacial score (nSPS) is 14.7. The molecule has 4 nitrogen and oxygen atoms in total. The van der Waals surface area contributed by atoms with E-state index in [1.165, 1.54) is 28.7 Å². The summed E-state index contributed by atoms with van der Waals surface area (Å²) in [5.74, 6) is 0.808. The van der Waals surface area contributed by atoms with E-state index < -0.39 is 0 Å². The highest BCUT2D eigenvalue weighted by Crippen LogP contribution is 2.39. The molecule has 0 atom stereocenters. The second-order valence-corrected chi connectivity index (χ2v) is 5.53. The Hall–Kier alpha value is -1.49. The molecular weight excluding hydrogens is 232 g/mol. The van der Waals surface area contributed by atoms with E-state index in [0.717, 1.165) is 17.1 Å². The number of nitrogens with zero attached hydrogens (tertiary/aromatic N) is 4. The van der Waals surface area contributed by atoms with Crippen LogP contribution >= 0.6 is 11.3 Å². The molecule has 0 amide bonds. The van der Waals surface area contributed by atoms with Crippen LogP contribution in [0.2, 0.25) is 0 Å². The van der Waals surface area contributed by atoms with Gasteiger partial charge in [-0.15, -0.1) is 11.3 Å². The van der Waals surface area contributed by atoms with Crippen LogP contribution in [0.15, 0.2) is 11.3 Å². The maximum Gasteiger partial charge on any atom is 0.165 e. The number of aryl methyl sites for hydroxylation is 2. The predicted molar refractivity (Wildman–Crippen MR) is 71.3 cm³/mol. The Morgan fingerprint density at radius 2 is 2.24 bits per heavy atom. The Balaban J connectivity index is 2.18. The van der Waals surface area contributed by atoms with Crippen molar-refractivity contribution in [3.8, 4) is 0 Å². The van der Waals surface area contributed by atoms with Crippen LogP contribution in [-0.2, 0) is 12.8 Å². The summed E-state index contributed by atoms with van der Waals surface area (Å²) in [5, 5.41) is 1.17. The fourth-order valence-corrected chi connectivity index (χ4v) is 3.40. The minimum Gasteiger partial charge on any atom is -0.369 e. The summed E-state index contributed by atoms with van der Waals surface area (Å²) in [6.45, 7) is 0. The molecule has 0 aliphatic heterocycles. The monoisotopic (exact) mass is 246 g/mol. The topological polar surface area (TPSA) is 41.4 Å². The van der Waals surface area contributed by atoms with Gasteiger partial charge in [0.15, 0.2) is 5.82 Å². The first-order valence-electron chi connectivity index (χ1n) is 5.71. The summed E-state index contributed by atoms with van der Waals surface area (Å²) in [4.78, 5) is 17.6. The number of hydrogen-bond acceptors (Lipinski definition) is 4. The molecule has 1 aliphatic carbocycles. The molecule has 0 unspecified atom stereocenters. The summed E-state index contributed by atoms with van der Waals surface area (Å²) in [6, 6.07) is 0. The zero-order valence-corrected chi connectivity index (χ0v) is 10.8. The van der Waals surface area contributed by atoms with E-state index >= 15 is 0 Å². The SMILES string of the molecule is CN(C)C=Nc1ncnc2sc3c(c12)CCC3. The van der Waals surface area contributed by atoms with Crippen molar-refractivity contribution in [2.75, 3.05) is 14.1 Å². The van der Waals surface area contributed by atoms with Gasteiger partial charge in [0.05, 0.1) is 11.7 Å². The van der Waals surface area contributed by atoms with E-state index in [2.05, 4.69) is 15.0 Å². The Kier molecular flexibility index (Phi) is 2.55. The molecule has 88 valence electrons. The number of rotatable bonds is 2. The minimum atomic E-state index is 0.808. The fourth-order valence-electron chi connectivity index (χ4n) is 2.18. The number of fused-ring (bicyclic) bond motifs is 3. The first-order valence-corrected chi connectivity index (χ1v) is 6.53. The molecule has 2 aromatic heterocycles. The maximum absolute atomic E-state index is 4.44. The Morgan fingerprint density at radius 1 is 1.35 bits per heavy atom. The average molecular weight is 246 g/mol. The lowest BCUT2D eigenvalue weighted by atomic mass is 10.2. The van der Waals surface area contributed by atoms with Gasteiger partial charge in [0, 0.05) is 19.0 Å². The number of aromatic nitrogens is 2. The average Bonchev–Trinajstić information content (AvgIpc) is 2.85. The third kappa shape index (κ3) is 1.80. The molecule has 2 aromatic rings. The van der Waals surface area contributed by atoms with Crippen LogP contribution in [0.25, 0.3) is 10.2 Å². The summed E-state index contributed by atoms with van der Waals surface area (Å²) in [6.07, 6.45) is 6.99. The zero-order chi connectivity index (χ0) is 11.8. The lowest BCUT2D eigenvalue weighted by Gasteiger charge is -2.03. The van der Waals surface area contributed by atoms with Gasteiger partial charge in [-0.1, -0.05) is 0 Å². The van der Waals surface area contributed by atoms with Gasteiger partial charge in [0.25, 0.3) is 0 Å². The summed E-state index contributed by atoms with van der Waals surface area (Å²) >= 11 is 1.80. The lowest BCUT2D eigenvalue weighted by molar-refractivity contribution is 0.643. The third-order valence-electron chi connectivity index (χ3n) is 2.89. The van der Waals surface area contributed by atoms with Gasteiger partial charge in [-0.2, -0.15) is 0 Å². The lowest BCUT2D eigenvalue weighted by Crippen LogP contribution is -2.07. The van der Waals surface area contributed by atoms with Gasteiger partial charge in [0.2, 0.25) is 0 Å². The molecule has 0 N–H and O–H groups in total. The molecule has 3 rings (SSSR count). The fraction of sp³-hybridized carbons (Fsp3) is 0.417. The third-order valence-corrected chi connectivity index (χ3v) is 4.09. The summed E-state index contributed by atoms with van der Waals surface area (Å²) < 4.78 is 0. The van der Waals surface area contributed by atoms with Crippen molar-refractivity contribution in [2.45, 2.75) is 19.3 Å². The van der Waals surface area contributed by atoms with Crippen molar-refractivity contribution >= 4 is 33.7 Å². The van der Waals surface area contributed by atoms with Crippen molar-refractivity contribution < 1.29 is 0 Å².